The lowest BCUT2D eigenvalue weighted by molar-refractivity contribution is -0.119. The second-order valence-corrected chi connectivity index (χ2v) is 4.03. The molecule has 0 bridgehead atoms. The summed E-state index contributed by atoms with van der Waals surface area (Å²) in [5.41, 5.74) is 7.49. The summed E-state index contributed by atoms with van der Waals surface area (Å²) in [5.74, 6) is 0. The van der Waals surface area contributed by atoms with Crippen LogP contribution in [0.2, 0.25) is 0 Å². The highest BCUT2D eigenvalue weighted by Crippen LogP contribution is 2.28. The average molecular weight is 246 g/mol. The molecule has 1 aromatic rings. The van der Waals surface area contributed by atoms with E-state index in [1.165, 1.54) is 4.90 Å². The van der Waals surface area contributed by atoms with Crippen molar-refractivity contribution in [1.29, 1.82) is 0 Å². The Morgan fingerprint density at radius 3 is 2.47 bits per heavy atom. The van der Waals surface area contributed by atoms with Crippen molar-refractivity contribution in [3.63, 3.8) is 0 Å². The van der Waals surface area contributed by atoms with Crippen LogP contribution in [0.25, 0.3) is 0 Å². The van der Waals surface area contributed by atoms with E-state index >= 15 is 0 Å². The number of benzene rings is 1. The van der Waals surface area contributed by atoms with E-state index < -0.39 is 12.7 Å². The SMILES string of the molecule is CCCN(CC(F)(F)F)c1cccc(N)c1C. The molecule has 0 unspecified atom stereocenters. The second-order valence-electron chi connectivity index (χ2n) is 4.03. The minimum absolute atomic E-state index is 0.365. The summed E-state index contributed by atoms with van der Waals surface area (Å²) < 4.78 is 37.4. The molecule has 0 fully saturated rings. The van der Waals surface area contributed by atoms with Crippen LogP contribution in [-0.4, -0.2) is 19.3 Å². The van der Waals surface area contributed by atoms with Crippen LogP contribution in [0.15, 0.2) is 18.2 Å². The van der Waals surface area contributed by atoms with Gasteiger partial charge >= 0.3 is 6.18 Å². The Bertz CT molecular complexity index is 375. The van der Waals surface area contributed by atoms with Crippen LogP contribution in [0.5, 0.6) is 0 Å². The third-order valence-corrected chi connectivity index (χ3v) is 2.55. The van der Waals surface area contributed by atoms with Crippen molar-refractivity contribution in [1.82, 2.24) is 0 Å². The highest BCUT2D eigenvalue weighted by molar-refractivity contribution is 5.64. The zero-order valence-electron chi connectivity index (χ0n) is 10.0. The normalized spacial score (nSPS) is 11.6. The number of rotatable bonds is 4. The number of nitrogens with zero attached hydrogens (tertiary/aromatic N) is 1. The zero-order valence-corrected chi connectivity index (χ0v) is 10.0. The van der Waals surface area contributed by atoms with Gasteiger partial charge in [-0.1, -0.05) is 13.0 Å². The highest BCUT2D eigenvalue weighted by atomic mass is 19.4. The summed E-state index contributed by atoms with van der Waals surface area (Å²) in [4.78, 5) is 1.33. The minimum atomic E-state index is -4.20. The molecular formula is C12H17F3N2. The van der Waals surface area contributed by atoms with E-state index in [4.69, 9.17) is 5.73 Å². The van der Waals surface area contributed by atoms with Crippen molar-refractivity contribution < 1.29 is 13.2 Å². The predicted molar refractivity (Wildman–Crippen MR) is 64.2 cm³/mol. The molecule has 0 aliphatic carbocycles. The fourth-order valence-corrected chi connectivity index (χ4v) is 1.75. The topological polar surface area (TPSA) is 29.3 Å². The Morgan fingerprint density at radius 2 is 1.94 bits per heavy atom. The van der Waals surface area contributed by atoms with Crippen molar-refractivity contribution in [2.75, 3.05) is 23.7 Å². The molecule has 0 aliphatic rings. The lowest BCUT2D eigenvalue weighted by Crippen LogP contribution is -2.35. The molecule has 0 radical (unpaired) electrons. The fraction of sp³-hybridized carbons (Fsp3) is 0.500. The number of anilines is 2. The van der Waals surface area contributed by atoms with Crippen molar-refractivity contribution >= 4 is 11.4 Å². The molecule has 0 saturated carbocycles. The maximum absolute atomic E-state index is 12.5. The summed E-state index contributed by atoms with van der Waals surface area (Å²) in [6.07, 6.45) is -3.55. The van der Waals surface area contributed by atoms with Gasteiger partial charge in [0.25, 0.3) is 0 Å². The molecular weight excluding hydrogens is 229 g/mol. The Balaban J connectivity index is 3.01. The third-order valence-electron chi connectivity index (χ3n) is 2.55. The van der Waals surface area contributed by atoms with Gasteiger partial charge in [0, 0.05) is 17.9 Å². The van der Waals surface area contributed by atoms with Crippen molar-refractivity contribution in [2.45, 2.75) is 26.4 Å². The van der Waals surface area contributed by atoms with Crippen LogP contribution in [-0.2, 0) is 0 Å². The molecule has 2 nitrogen and oxygen atoms in total. The summed E-state index contributed by atoms with van der Waals surface area (Å²) in [6.45, 7) is 3.02. The Morgan fingerprint density at radius 1 is 1.29 bits per heavy atom. The molecule has 0 heterocycles. The fourth-order valence-electron chi connectivity index (χ4n) is 1.75. The maximum atomic E-state index is 12.5. The molecule has 0 aliphatic heterocycles. The number of hydrogen-bond acceptors (Lipinski definition) is 2. The van der Waals surface area contributed by atoms with Gasteiger partial charge in [0.05, 0.1) is 0 Å². The zero-order chi connectivity index (χ0) is 13.1. The van der Waals surface area contributed by atoms with Gasteiger partial charge in [-0.15, -0.1) is 0 Å². The molecule has 0 atom stereocenters. The summed E-state index contributed by atoms with van der Waals surface area (Å²) in [6, 6.07) is 5.04. The summed E-state index contributed by atoms with van der Waals surface area (Å²) >= 11 is 0. The molecule has 2 N–H and O–H groups in total. The molecule has 17 heavy (non-hydrogen) atoms. The number of alkyl halides is 3. The molecule has 96 valence electrons. The van der Waals surface area contributed by atoms with Crippen LogP contribution in [0.4, 0.5) is 24.5 Å². The van der Waals surface area contributed by atoms with Gasteiger partial charge in [-0.25, -0.2) is 0 Å². The van der Waals surface area contributed by atoms with Gasteiger partial charge < -0.3 is 10.6 Å². The van der Waals surface area contributed by atoms with Crippen LogP contribution < -0.4 is 10.6 Å². The maximum Gasteiger partial charge on any atom is 0.405 e. The monoisotopic (exact) mass is 246 g/mol. The van der Waals surface area contributed by atoms with Gasteiger partial charge in [-0.2, -0.15) is 13.2 Å². The van der Waals surface area contributed by atoms with Crippen molar-refractivity contribution in [3.05, 3.63) is 23.8 Å². The first-order chi connectivity index (χ1) is 7.85. The Labute approximate surface area is 99.2 Å². The molecule has 0 amide bonds. The first kappa shape index (κ1) is 13.7. The van der Waals surface area contributed by atoms with Gasteiger partial charge in [-0.3, -0.25) is 0 Å². The predicted octanol–water partition coefficient (Wildman–Crippen LogP) is 3.36. The minimum Gasteiger partial charge on any atom is -0.398 e. The number of halogens is 3. The smallest absolute Gasteiger partial charge is 0.398 e. The van der Waals surface area contributed by atoms with Gasteiger partial charge in [0.1, 0.15) is 6.54 Å². The lowest BCUT2D eigenvalue weighted by Gasteiger charge is -2.27. The van der Waals surface area contributed by atoms with Crippen LogP contribution in [0, 0.1) is 6.92 Å². The number of hydrogen-bond donors (Lipinski definition) is 1. The molecule has 5 heteroatoms. The van der Waals surface area contributed by atoms with Crippen LogP contribution in [0.1, 0.15) is 18.9 Å². The van der Waals surface area contributed by atoms with E-state index in [9.17, 15) is 13.2 Å². The third kappa shape index (κ3) is 3.84. The molecule has 0 spiro atoms. The average Bonchev–Trinajstić information content (AvgIpc) is 2.19. The molecule has 1 aromatic carbocycles. The second kappa shape index (κ2) is 5.29. The van der Waals surface area contributed by atoms with Crippen molar-refractivity contribution in [3.8, 4) is 0 Å². The highest BCUT2D eigenvalue weighted by Gasteiger charge is 2.31. The Hall–Kier alpha value is -1.39. The van der Waals surface area contributed by atoms with E-state index in [2.05, 4.69) is 0 Å². The quantitative estimate of drug-likeness (QED) is 0.825. The molecule has 0 aromatic heterocycles. The van der Waals surface area contributed by atoms with E-state index in [1.807, 2.05) is 6.92 Å². The summed E-state index contributed by atoms with van der Waals surface area (Å²) in [7, 11) is 0. The van der Waals surface area contributed by atoms with E-state index in [-0.39, 0.29) is 0 Å². The van der Waals surface area contributed by atoms with Crippen LogP contribution in [0.3, 0.4) is 0 Å². The van der Waals surface area contributed by atoms with E-state index in [0.717, 1.165) is 0 Å². The molecule has 1 rings (SSSR count). The lowest BCUT2D eigenvalue weighted by atomic mass is 10.1. The first-order valence-corrected chi connectivity index (χ1v) is 5.52. The van der Waals surface area contributed by atoms with Gasteiger partial charge in [0.15, 0.2) is 0 Å². The van der Waals surface area contributed by atoms with Gasteiger partial charge in [-0.05, 0) is 31.0 Å². The first-order valence-electron chi connectivity index (χ1n) is 5.52. The van der Waals surface area contributed by atoms with E-state index in [0.29, 0.717) is 29.9 Å². The van der Waals surface area contributed by atoms with Crippen molar-refractivity contribution in [2.24, 2.45) is 0 Å². The Kier molecular flexibility index (Phi) is 4.26. The van der Waals surface area contributed by atoms with Crippen LogP contribution >= 0.6 is 0 Å². The standard InChI is InChI=1S/C12H17F3N2/c1-3-7-17(8-12(13,14)15)11-6-4-5-10(16)9(11)2/h4-6H,3,7-8,16H2,1-2H3. The molecule has 0 saturated heterocycles. The number of nitrogens with two attached hydrogens (primary N) is 1. The summed E-state index contributed by atoms with van der Waals surface area (Å²) in [5, 5.41) is 0. The van der Waals surface area contributed by atoms with Gasteiger partial charge in [0.2, 0.25) is 0 Å². The number of nitrogen functional groups attached to an aromatic ring is 1. The largest absolute Gasteiger partial charge is 0.405 e. The van der Waals surface area contributed by atoms with E-state index in [1.54, 1.807) is 25.1 Å².